The molecule has 0 spiro atoms. The molecule has 0 atom stereocenters. The fourth-order valence-electron chi connectivity index (χ4n) is 3.06. The van der Waals surface area contributed by atoms with Gasteiger partial charge < -0.3 is 4.98 Å². The van der Waals surface area contributed by atoms with E-state index >= 15 is 0 Å². The Morgan fingerprint density at radius 3 is 2.68 bits per heavy atom. The van der Waals surface area contributed by atoms with Crippen LogP contribution in [0.25, 0.3) is 10.2 Å². The standard InChI is InChI=1S/C17H21N3OS/c1-3-9-20(10-4-2)11-14-18-16(21)15-12-7-5-6-8-13(12)22-17(15)19-14/h3-4H,1-2,5-11H2,(H,18,19,21). The number of aromatic nitrogens is 2. The van der Waals surface area contributed by atoms with Crippen molar-refractivity contribution in [3.05, 3.63) is 51.9 Å². The van der Waals surface area contributed by atoms with Crippen LogP contribution in [0.4, 0.5) is 0 Å². The van der Waals surface area contributed by atoms with Crippen molar-refractivity contribution >= 4 is 21.6 Å². The lowest BCUT2D eigenvalue weighted by atomic mass is 9.97. The van der Waals surface area contributed by atoms with Crippen molar-refractivity contribution in [1.29, 1.82) is 0 Å². The topological polar surface area (TPSA) is 49.0 Å². The molecule has 0 saturated carbocycles. The fourth-order valence-corrected chi connectivity index (χ4v) is 4.34. The minimum Gasteiger partial charge on any atom is -0.309 e. The van der Waals surface area contributed by atoms with Crippen molar-refractivity contribution < 1.29 is 0 Å². The Balaban J connectivity index is 1.96. The van der Waals surface area contributed by atoms with Crippen LogP contribution in [0.5, 0.6) is 0 Å². The van der Waals surface area contributed by atoms with Gasteiger partial charge in [-0.2, -0.15) is 0 Å². The summed E-state index contributed by atoms with van der Waals surface area (Å²) in [5.74, 6) is 0.722. The lowest BCUT2D eigenvalue weighted by molar-refractivity contribution is 0.319. The number of fused-ring (bicyclic) bond motifs is 3. The molecule has 0 aliphatic heterocycles. The summed E-state index contributed by atoms with van der Waals surface area (Å²) in [4.78, 5) is 24.5. The van der Waals surface area contributed by atoms with Gasteiger partial charge in [0.15, 0.2) is 0 Å². The number of nitrogens with one attached hydrogen (secondary N) is 1. The third-order valence-electron chi connectivity index (χ3n) is 4.02. The maximum atomic E-state index is 12.5. The molecule has 22 heavy (non-hydrogen) atoms. The highest BCUT2D eigenvalue weighted by atomic mass is 32.1. The Morgan fingerprint density at radius 2 is 1.95 bits per heavy atom. The summed E-state index contributed by atoms with van der Waals surface area (Å²) in [5, 5.41) is 0.822. The van der Waals surface area contributed by atoms with E-state index in [0.29, 0.717) is 6.54 Å². The zero-order valence-corrected chi connectivity index (χ0v) is 13.5. The Bertz CT molecular complexity index is 749. The van der Waals surface area contributed by atoms with Gasteiger partial charge in [0.2, 0.25) is 0 Å². The average molecular weight is 315 g/mol. The van der Waals surface area contributed by atoms with Crippen molar-refractivity contribution in [1.82, 2.24) is 14.9 Å². The molecule has 0 fully saturated rings. The van der Waals surface area contributed by atoms with E-state index in [1.165, 1.54) is 23.3 Å². The Kier molecular flexibility index (Phi) is 4.55. The summed E-state index contributed by atoms with van der Waals surface area (Å²) in [6, 6.07) is 0. The second-order valence-electron chi connectivity index (χ2n) is 5.68. The van der Waals surface area contributed by atoms with Crippen LogP contribution in [-0.2, 0) is 19.4 Å². The van der Waals surface area contributed by atoms with Crippen LogP contribution in [0.3, 0.4) is 0 Å². The molecule has 1 N–H and O–H groups in total. The Morgan fingerprint density at radius 1 is 1.23 bits per heavy atom. The molecule has 0 unspecified atom stereocenters. The minimum absolute atomic E-state index is 0.0107. The summed E-state index contributed by atoms with van der Waals surface area (Å²) in [7, 11) is 0. The highest BCUT2D eigenvalue weighted by Gasteiger charge is 2.20. The molecule has 2 aromatic heterocycles. The first-order valence-electron chi connectivity index (χ1n) is 7.70. The highest BCUT2D eigenvalue weighted by Crippen LogP contribution is 2.33. The molecule has 0 saturated heterocycles. The van der Waals surface area contributed by atoms with Gasteiger partial charge >= 0.3 is 0 Å². The number of hydrogen-bond donors (Lipinski definition) is 1. The molecule has 4 nitrogen and oxygen atoms in total. The lowest BCUT2D eigenvalue weighted by Gasteiger charge is -2.17. The van der Waals surface area contributed by atoms with E-state index in [1.807, 2.05) is 12.2 Å². The average Bonchev–Trinajstić information content (AvgIpc) is 2.86. The van der Waals surface area contributed by atoms with Crippen molar-refractivity contribution in [2.24, 2.45) is 0 Å². The predicted octanol–water partition coefficient (Wildman–Crippen LogP) is 3.04. The van der Waals surface area contributed by atoms with Gasteiger partial charge in [-0.25, -0.2) is 4.98 Å². The normalized spacial score (nSPS) is 14.2. The first-order chi connectivity index (χ1) is 10.7. The quantitative estimate of drug-likeness (QED) is 0.834. The third-order valence-corrected chi connectivity index (χ3v) is 5.21. The van der Waals surface area contributed by atoms with E-state index in [0.717, 1.165) is 42.0 Å². The molecular formula is C17H21N3OS. The van der Waals surface area contributed by atoms with E-state index in [9.17, 15) is 4.79 Å². The molecule has 1 aliphatic rings. The number of aryl methyl sites for hydroxylation is 2. The maximum absolute atomic E-state index is 12.5. The molecule has 2 heterocycles. The van der Waals surface area contributed by atoms with Crippen LogP contribution < -0.4 is 5.56 Å². The van der Waals surface area contributed by atoms with Gasteiger partial charge in [0.25, 0.3) is 5.56 Å². The van der Waals surface area contributed by atoms with Crippen molar-refractivity contribution in [2.75, 3.05) is 13.1 Å². The Labute approximate surface area is 134 Å². The largest absolute Gasteiger partial charge is 0.309 e. The second kappa shape index (κ2) is 6.58. The van der Waals surface area contributed by atoms with E-state index in [1.54, 1.807) is 11.3 Å². The molecule has 0 bridgehead atoms. The maximum Gasteiger partial charge on any atom is 0.259 e. The fraction of sp³-hybridized carbons (Fsp3) is 0.412. The van der Waals surface area contributed by atoms with Gasteiger partial charge in [0.1, 0.15) is 10.7 Å². The smallest absolute Gasteiger partial charge is 0.259 e. The number of H-pyrrole nitrogens is 1. The summed E-state index contributed by atoms with van der Waals surface area (Å²) in [6.45, 7) is 9.63. The Hall–Kier alpha value is -1.72. The van der Waals surface area contributed by atoms with Gasteiger partial charge in [0.05, 0.1) is 11.9 Å². The van der Waals surface area contributed by atoms with Crippen molar-refractivity contribution in [3.63, 3.8) is 0 Å². The summed E-state index contributed by atoms with van der Waals surface area (Å²) in [6.07, 6.45) is 8.19. The van der Waals surface area contributed by atoms with Crippen LogP contribution in [-0.4, -0.2) is 28.0 Å². The van der Waals surface area contributed by atoms with E-state index in [4.69, 9.17) is 4.98 Å². The van der Waals surface area contributed by atoms with Crippen LogP contribution >= 0.6 is 11.3 Å². The molecule has 0 amide bonds. The summed E-state index contributed by atoms with van der Waals surface area (Å²) >= 11 is 1.69. The molecule has 2 aromatic rings. The number of aromatic amines is 1. The molecule has 3 rings (SSSR count). The monoisotopic (exact) mass is 315 g/mol. The molecule has 5 heteroatoms. The van der Waals surface area contributed by atoms with E-state index < -0.39 is 0 Å². The lowest BCUT2D eigenvalue weighted by Crippen LogP contribution is -2.26. The number of nitrogens with zero attached hydrogens (tertiary/aromatic N) is 2. The molecule has 0 aromatic carbocycles. The number of hydrogen-bond acceptors (Lipinski definition) is 4. The van der Waals surface area contributed by atoms with Crippen molar-refractivity contribution in [2.45, 2.75) is 32.2 Å². The second-order valence-corrected chi connectivity index (χ2v) is 6.76. The number of thiophene rings is 1. The van der Waals surface area contributed by atoms with Crippen LogP contribution in [0.15, 0.2) is 30.1 Å². The first-order valence-corrected chi connectivity index (χ1v) is 8.52. The highest BCUT2D eigenvalue weighted by molar-refractivity contribution is 7.18. The van der Waals surface area contributed by atoms with Crippen molar-refractivity contribution in [3.8, 4) is 0 Å². The summed E-state index contributed by atoms with van der Waals surface area (Å²) < 4.78 is 0. The van der Waals surface area contributed by atoms with Gasteiger partial charge in [-0.05, 0) is 31.2 Å². The molecule has 1 aliphatic carbocycles. The van der Waals surface area contributed by atoms with Crippen LogP contribution in [0.2, 0.25) is 0 Å². The van der Waals surface area contributed by atoms with Gasteiger partial charge in [-0.15, -0.1) is 24.5 Å². The predicted molar refractivity (Wildman–Crippen MR) is 92.6 cm³/mol. The zero-order chi connectivity index (χ0) is 15.5. The number of rotatable bonds is 6. The molecule has 116 valence electrons. The minimum atomic E-state index is 0.0107. The van der Waals surface area contributed by atoms with E-state index in [2.05, 4.69) is 23.0 Å². The van der Waals surface area contributed by atoms with Gasteiger partial charge in [0, 0.05) is 18.0 Å². The zero-order valence-electron chi connectivity index (χ0n) is 12.7. The van der Waals surface area contributed by atoms with E-state index in [-0.39, 0.29) is 5.56 Å². The van der Waals surface area contributed by atoms with Crippen LogP contribution in [0.1, 0.15) is 29.1 Å². The summed E-state index contributed by atoms with van der Waals surface area (Å²) in [5.41, 5.74) is 1.25. The van der Waals surface area contributed by atoms with Crippen LogP contribution in [0, 0.1) is 0 Å². The molecular weight excluding hydrogens is 294 g/mol. The third kappa shape index (κ3) is 2.91. The first kappa shape index (κ1) is 15.2. The van der Waals surface area contributed by atoms with Gasteiger partial charge in [-0.3, -0.25) is 9.69 Å². The van der Waals surface area contributed by atoms with Gasteiger partial charge in [-0.1, -0.05) is 12.2 Å². The SMILES string of the molecule is C=CCN(CC=C)Cc1nc2sc3c(c2c(=O)[nH]1)CCCC3. The molecule has 0 radical (unpaired) electrons.